The fraction of sp³-hybridized carbons (Fsp3) is 0.875. The molecule has 0 N–H and O–H groups in total. The first kappa shape index (κ1) is 9.48. The van der Waals surface area contributed by atoms with Gasteiger partial charge in [0.1, 0.15) is 0 Å². The van der Waals surface area contributed by atoms with Crippen molar-refractivity contribution in [3.05, 3.63) is 0 Å². The van der Waals surface area contributed by atoms with Crippen molar-refractivity contribution >= 4 is 5.97 Å². The van der Waals surface area contributed by atoms with Gasteiger partial charge in [0, 0.05) is 0 Å². The Morgan fingerprint density at radius 3 is 2.33 bits per heavy atom. The summed E-state index contributed by atoms with van der Waals surface area (Å²) >= 11 is 0. The monoisotopic (exact) mass is 174 g/mol. The normalized spacial score (nSPS) is 33.3. The van der Waals surface area contributed by atoms with E-state index >= 15 is 0 Å². The molecule has 0 bridgehead atoms. The summed E-state index contributed by atoms with van der Waals surface area (Å²) in [6.07, 6.45) is 0. The smallest absolute Gasteiger partial charge is 0.340 e. The van der Waals surface area contributed by atoms with Gasteiger partial charge in [0.25, 0.3) is 0 Å². The molecule has 1 aliphatic rings. The van der Waals surface area contributed by atoms with E-state index < -0.39 is 17.4 Å². The lowest BCUT2D eigenvalue weighted by Crippen LogP contribution is -2.40. The molecular formula is C8H14O4. The standard InChI is InChI=1S/C8H14O4/c1-7(2)11-5-8(3,12-7)6(9)10-4/h5H2,1-4H3/t8-/m0/s1. The van der Waals surface area contributed by atoms with Crippen molar-refractivity contribution in [3.8, 4) is 0 Å². The average Bonchev–Trinajstić information content (AvgIpc) is 2.25. The summed E-state index contributed by atoms with van der Waals surface area (Å²) < 4.78 is 15.2. The molecule has 0 aromatic heterocycles. The summed E-state index contributed by atoms with van der Waals surface area (Å²) in [5.74, 6) is -1.09. The van der Waals surface area contributed by atoms with E-state index in [1.807, 2.05) is 0 Å². The quantitative estimate of drug-likeness (QED) is 0.549. The highest BCUT2D eigenvalue weighted by molar-refractivity contribution is 5.79. The van der Waals surface area contributed by atoms with Crippen LogP contribution in [0.15, 0.2) is 0 Å². The molecule has 0 saturated carbocycles. The van der Waals surface area contributed by atoms with Gasteiger partial charge in [-0.05, 0) is 20.8 Å². The molecule has 1 aliphatic heterocycles. The summed E-state index contributed by atoms with van der Waals surface area (Å²) in [5.41, 5.74) is -0.946. The predicted octanol–water partition coefficient (Wildman–Crippen LogP) is 0.701. The largest absolute Gasteiger partial charge is 0.467 e. The Hall–Kier alpha value is -0.610. The van der Waals surface area contributed by atoms with Gasteiger partial charge in [0.15, 0.2) is 11.4 Å². The lowest BCUT2D eigenvalue weighted by molar-refractivity contribution is -0.184. The van der Waals surface area contributed by atoms with Crippen molar-refractivity contribution in [3.63, 3.8) is 0 Å². The molecule has 0 aliphatic carbocycles. The van der Waals surface area contributed by atoms with Crippen LogP contribution in [0.25, 0.3) is 0 Å². The van der Waals surface area contributed by atoms with Gasteiger partial charge in [-0.2, -0.15) is 0 Å². The molecule has 70 valence electrons. The highest BCUT2D eigenvalue weighted by atomic mass is 16.8. The number of carbonyl (C=O) groups is 1. The zero-order chi connectivity index (χ0) is 9.41. The molecule has 0 aromatic carbocycles. The number of rotatable bonds is 1. The van der Waals surface area contributed by atoms with Crippen molar-refractivity contribution in [1.82, 2.24) is 0 Å². The Balaban J connectivity index is 2.71. The Morgan fingerprint density at radius 1 is 1.42 bits per heavy atom. The first-order valence-corrected chi connectivity index (χ1v) is 3.82. The molecule has 0 aromatic rings. The Labute approximate surface area is 71.8 Å². The van der Waals surface area contributed by atoms with E-state index in [1.54, 1.807) is 20.8 Å². The highest BCUT2D eigenvalue weighted by Gasteiger charge is 2.48. The van der Waals surface area contributed by atoms with E-state index in [4.69, 9.17) is 9.47 Å². The maximum absolute atomic E-state index is 11.2. The van der Waals surface area contributed by atoms with Crippen LogP contribution in [0.4, 0.5) is 0 Å². The van der Waals surface area contributed by atoms with Crippen LogP contribution < -0.4 is 0 Å². The van der Waals surface area contributed by atoms with Gasteiger partial charge < -0.3 is 14.2 Å². The third-order valence-corrected chi connectivity index (χ3v) is 1.78. The lowest BCUT2D eigenvalue weighted by atomic mass is 10.1. The molecule has 1 atom stereocenters. The molecule has 0 spiro atoms. The van der Waals surface area contributed by atoms with Gasteiger partial charge in [0.2, 0.25) is 0 Å². The topological polar surface area (TPSA) is 44.8 Å². The van der Waals surface area contributed by atoms with E-state index in [9.17, 15) is 4.79 Å². The van der Waals surface area contributed by atoms with Gasteiger partial charge >= 0.3 is 5.97 Å². The maximum Gasteiger partial charge on any atom is 0.340 e. The zero-order valence-electron chi connectivity index (χ0n) is 7.84. The highest BCUT2D eigenvalue weighted by Crippen LogP contribution is 2.31. The molecule has 0 radical (unpaired) electrons. The van der Waals surface area contributed by atoms with E-state index in [0.29, 0.717) is 0 Å². The fourth-order valence-electron chi connectivity index (χ4n) is 1.23. The number of esters is 1. The van der Waals surface area contributed by atoms with E-state index in [1.165, 1.54) is 7.11 Å². The maximum atomic E-state index is 11.2. The molecular weight excluding hydrogens is 160 g/mol. The lowest BCUT2D eigenvalue weighted by Gasteiger charge is -2.22. The van der Waals surface area contributed by atoms with Crippen molar-refractivity contribution in [2.24, 2.45) is 0 Å². The number of hydrogen-bond donors (Lipinski definition) is 0. The summed E-state index contributed by atoms with van der Waals surface area (Å²) in [5, 5.41) is 0. The number of ether oxygens (including phenoxy) is 3. The Kier molecular flexibility index (Phi) is 2.14. The van der Waals surface area contributed by atoms with E-state index in [-0.39, 0.29) is 6.61 Å². The van der Waals surface area contributed by atoms with Gasteiger partial charge in [-0.3, -0.25) is 0 Å². The van der Waals surface area contributed by atoms with Crippen LogP contribution in [-0.2, 0) is 19.0 Å². The fourth-order valence-corrected chi connectivity index (χ4v) is 1.23. The van der Waals surface area contributed by atoms with Gasteiger partial charge in [0.05, 0.1) is 13.7 Å². The van der Waals surface area contributed by atoms with Gasteiger partial charge in [-0.1, -0.05) is 0 Å². The molecule has 1 fully saturated rings. The summed E-state index contributed by atoms with van der Waals surface area (Å²) in [6, 6.07) is 0. The minimum Gasteiger partial charge on any atom is -0.467 e. The summed E-state index contributed by atoms with van der Waals surface area (Å²) in [4.78, 5) is 11.2. The van der Waals surface area contributed by atoms with Crippen molar-refractivity contribution in [1.29, 1.82) is 0 Å². The van der Waals surface area contributed by atoms with Crippen LogP contribution in [0, 0.1) is 0 Å². The zero-order valence-corrected chi connectivity index (χ0v) is 7.84. The molecule has 4 nitrogen and oxygen atoms in total. The van der Waals surface area contributed by atoms with Gasteiger partial charge in [-0.25, -0.2) is 4.79 Å². The first-order valence-electron chi connectivity index (χ1n) is 3.82. The second-order valence-corrected chi connectivity index (χ2v) is 3.51. The molecule has 12 heavy (non-hydrogen) atoms. The van der Waals surface area contributed by atoms with E-state index in [0.717, 1.165) is 0 Å². The molecule has 0 amide bonds. The molecule has 0 unspecified atom stereocenters. The van der Waals surface area contributed by atoms with E-state index in [2.05, 4.69) is 4.74 Å². The number of carbonyl (C=O) groups excluding carboxylic acids is 1. The average molecular weight is 174 g/mol. The summed E-state index contributed by atoms with van der Waals surface area (Å²) in [7, 11) is 1.34. The number of methoxy groups -OCH3 is 1. The second kappa shape index (κ2) is 2.71. The first-order chi connectivity index (χ1) is 5.40. The van der Waals surface area contributed by atoms with Crippen molar-refractivity contribution < 1.29 is 19.0 Å². The van der Waals surface area contributed by atoms with Crippen LogP contribution in [0.3, 0.4) is 0 Å². The van der Waals surface area contributed by atoms with Crippen LogP contribution in [-0.4, -0.2) is 31.1 Å². The van der Waals surface area contributed by atoms with Gasteiger partial charge in [-0.15, -0.1) is 0 Å². The van der Waals surface area contributed by atoms with Crippen molar-refractivity contribution in [2.45, 2.75) is 32.2 Å². The second-order valence-electron chi connectivity index (χ2n) is 3.51. The SMILES string of the molecule is COC(=O)[C@]1(C)COC(C)(C)O1. The molecule has 1 rings (SSSR count). The third-order valence-electron chi connectivity index (χ3n) is 1.78. The minimum absolute atomic E-state index is 0.243. The molecule has 1 saturated heterocycles. The van der Waals surface area contributed by atoms with Crippen LogP contribution in [0.5, 0.6) is 0 Å². The third kappa shape index (κ3) is 1.59. The number of hydrogen-bond acceptors (Lipinski definition) is 4. The summed E-state index contributed by atoms with van der Waals surface area (Å²) in [6.45, 7) is 5.43. The van der Waals surface area contributed by atoms with Crippen LogP contribution in [0.1, 0.15) is 20.8 Å². The Morgan fingerprint density at radius 2 is 2.00 bits per heavy atom. The Bertz CT molecular complexity index is 199. The molecule has 4 heteroatoms. The molecule has 1 heterocycles. The van der Waals surface area contributed by atoms with Crippen molar-refractivity contribution in [2.75, 3.05) is 13.7 Å². The predicted molar refractivity (Wildman–Crippen MR) is 41.5 cm³/mol. The minimum atomic E-state index is -0.946. The van der Waals surface area contributed by atoms with Crippen LogP contribution in [0.2, 0.25) is 0 Å². The van der Waals surface area contributed by atoms with Crippen LogP contribution >= 0.6 is 0 Å².